The summed E-state index contributed by atoms with van der Waals surface area (Å²) in [7, 11) is 0. The Morgan fingerprint density at radius 2 is 0.862 bits per heavy atom. The van der Waals surface area contributed by atoms with E-state index in [9.17, 15) is 0 Å². The maximum absolute atomic E-state index is 6.75. The number of nitrogens with zero attached hydrogens (tertiary/aromatic N) is 1. The van der Waals surface area contributed by atoms with Gasteiger partial charge in [-0.2, -0.15) is 0 Å². The van der Waals surface area contributed by atoms with Gasteiger partial charge in [-0.25, -0.2) is 0 Å². The van der Waals surface area contributed by atoms with E-state index in [2.05, 4.69) is 223 Å². The Hall–Kier alpha value is -7.68. The Morgan fingerprint density at radius 3 is 1.62 bits per heavy atom. The molecule has 1 heterocycles. The first-order chi connectivity index (χ1) is 28.7. The quantitative estimate of drug-likeness (QED) is 0.162. The van der Waals surface area contributed by atoms with Crippen LogP contribution in [0.2, 0.25) is 0 Å². The van der Waals surface area contributed by atoms with Crippen molar-refractivity contribution in [3.8, 4) is 44.5 Å². The molecule has 11 aromatic rings. The average molecular weight is 740 g/mol. The van der Waals surface area contributed by atoms with Crippen molar-refractivity contribution in [3.05, 3.63) is 224 Å². The number of anilines is 3. The highest BCUT2D eigenvalue weighted by atomic mass is 16.3. The first kappa shape index (κ1) is 33.6. The molecule has 0 aliphatic rings. The molecule has 0 saturated carbocycles. The fraction of sp³-hybridized carbons (Fsp3) is 0. The van der Waals surface area contributed by atoms with E-state index in [0.717, 1.165) is 50.1 Å². The molecule has 0 bridgehead atoms. The summed E-state index contributed by atoms with van der Waals surface area (Å²) >= 11 is 0. The Morgan fingerprint density at radius 1 is 0.293 bits per heavy atom. The molecule has 0 radical (unpaired) electrons. The zero-order valence-electron chi connectivity index (χ0n) is 31.7. The summed E-state index contributed by atoms with van der Waals surface area (Å²) in [5.74, 6) is 0. The van der Waals surface area contributed by atoms with Crippen LogP contribution in [0.25, 0.3) is 88.0 Å². The van der Waals surface area contributed by atoms with Gasteiger partial charge >= 0.3 is 0 Å². The first-order valence-electron chi connectivity index (χ1n) is 19.8. The van der Waals surface area contributed by atoms with E-state index in [-0.39, 0.29) is 0 Å². The lowest BCUT2D eigenvalue weighted by atomic mass is 9.90. The van der Waals surface area contributed by atoms with Gasteiger partial charge in [-0.05, 0) is 103 Å². The van der Waals surface area contributed by atoms with Crippen molar-refractivity contribution < 1.29 is 4.42 Å². The topological polar surface area (TPSA) is 16.4 Å². The van der Waals surface area contributed by atoms with E-state index in [1.165, 1.54) is 54.9 Å². The van der Waals surface area contributed by atoms with Crippen LogP contribution in [0.5, 0.6) is 0 Å². The third-order valence-electron chi connectivity index (χ3n) is 11.5. The minimum absolute atomic E-state index is 0.856. The lowest BCUT2D eigenvalue weighted by Gasteiger charge is -2.26. The van der Waals surface area contributed by atoms with E-state index < -0.39 is 0 Å². The van der Waals surface area contributed by atoms with Crippen LogP contribution in [-0.2, 0) is 0 Å². The molecule has 0 unspecified atom stereocenters. The molecule has 0 spiro atoms. The average Bonchev–Trinajstić information content (AvgIpc) is 3.68. The van der Waals surface area contributed by atoms with Crippen molar-refractivity contribution in [2.75, 3.05) is 4.90 Å². The molecule has 0 aliphatic heterocycles. The van der Waals surface area contributed by atoms with Gasteiger partial charge < -0.3 is 9.32 Å². The standard InChI is InChI=1S/C56H37NO/c1-3-13-40(14-4-1)51-20-11-21-53-52-35-33-48(37-54(52)58-56(51)53)57(46-29-24-39(25-30-46)45-23-22-38-12-7-8-18-44(38)36-45)47-31-26-42(27-32-47)50-34-28-41-15-9-10-19-49(41)55(50)43-16-5-2-6-17-43/h1-37H. The van der Waals surface area contributed by atoms with Crippen molar-refractivity contribution in [2.24, 2.45) is 0 Å². The van der Waals surface area contributed by atoms with Gasteiger partial charge in [0.25, 0.3) is 0 Å². The summed E-state index contributed by atoms with van der Waals surface area (Å²) < 4.78 is 6.75. The van der Waals surface area contributed by atoms with Gasteiger partial charge in [0.1, 0.15) is 11.2 Å². The number of furan rings is 1. The number of para-hydroxylation sites is 1. The van der Waals surface area contributed by atoms with E-state index in [1.807, 2.05) is 6.07 Å². The van der Waals surface area contributed by atoms with Crippen LogP contribution in [0.4, 0.5) is 17.1 Å². The van der Waals surface area contributed by atoms with Crippen molar-refractivity contribution in [1.29, 1.82) is 0 Å². The molecule has 0 aliphatic carbocycles. The minimum Gasteiger partial charge on any atom is -0.455 e. The summed E-state index contributed by atoms with van der Waals surface area (Å²) in [5, 5.41) is 7.18. The van der Waals surface area contributed by atoms with Crippen molar-refractivity contribution >= 4 is 60.5 Å². The van der Waals surface area contributed by atoms with Crippen LogP contribution in [0, 0.1) is 0 Å². The monoisotopic (exact) mass is 739 g/mol. The van der Waals surface area contributed by atoms with E-state index in [1.54, 1.807) is 0 Å². The maximum atomic E-state index is 6.75. The SMILES string of the molecule is c1ccc(-c2c(-c3ccc(N(c4ccc(-c5ccc6ccccc6c5)cc4)c4ccc5c(c4)oc4c(-c6ccccc6)cccc45)cc3)ccc3ccccc23)cc1. The smallest absolute Gasteiger partial charge is 0.143 e. The van der Waals surface area contributed by atoms with Crippen LogP contribution in [0.3, 0.4) is 0 Å². The number of rotatable bonds is 7. The van der Waals surface area contributed by atoms with Crippen molar-refractivity contribution in [3.63, 3.8) is 0 Å². The van der Waals surface area contributed by atoms with Gasteiger partial charge in [0.05, 0.1) is 0 Å². The van der Waals surface area contributed by atoms with Gasteiger partial charge in [-0.1, -0.05) is 176 Å². The fourth-order valence-electron chi connectivity index (χ4n) is 8.61. The second-order valence-electron chi connectivity index (χ2n) is 14.9. The van der Waals surface area contributed by atoms with Crippen LogP contribution in [-0.4, -0.2) is 0 Å². The summed E-state index contributed by atoms with van der Waals surface area (Å²) in [5.41, 5.74) is 14.3. The van der Waals surface area contributed by atoms with Crippen LogP contribution in [0.15, 0.2) is 229 Å². The van der Waals surface area contributed by atoms with Crippen LogP contribution < -0.4 is 4.90 Å². The number of fused-ring (bicyclic) bond motifs is 5. The molecule has 0 fully saturated rings. The predicted molar refractivity (Wildman–Crippen MR) is 245 cm³/mol. The summed E-state index contributed by atoms with van der Waals surface area (Å²) in [6.45, 7) is 0. The third kappa shape index (κ3) is 5.91. The molecule has 10 aromatic carbocycles. The third-order valence-corrected chi connectivity index (χ3v) is 11.5. The molecule has 0 saturated heterocycles. The summed E-state index contributed by atoms with van der Waals surface area (Å²) in [4.78, 5) is 2.33. The van der Waals surface area contributed by atoms with Gasteiger partial charge in [0.2, 0.25) is 0 Å². The Balaban J connectivity index is 1.04. The van der Waals surface area contributed by atoms with E-state index in [0.29, 0.717) is 0 Å². The fourth-order valence-corrected chi connectivity index (χ4v) is 8.61. The molecule has 0 atom stereocenters. The van der Waals surface area contributed by atoms with E-state index >= 15 is 0 Å². The first-order valence-corrected chi connectivity index (χ1v) is 19.8. The Labute approximate surface area is 337 Å². The highest BCUT2D eigenvalue weighted by Gasteiger charge is 2.19. The second-order valence-corrected chi connectivity index (χ2v) is 14.9. The van der Waals surface area contributed by atoms with Crippen LogP contribution in [0.1, 0.15) is 0 Å². The second kappa shape index (κ2) is 14.1. The van der Waals surface area contributed by atoms with Crippen molar-refractivity contribution in [1.82, 2.24) is 0 Å². The van der Waals surface area contributed by atoms with Gasteiger partial charge in [0.15, 0.2) is 0 Å². The molecular formula is C56H37NO. The molecule has 0 N–H and O–H groups in total. The number of hydrogen-bond acceptors (Lipinski definition) is 2. The molecule has 2 heteroatoms. The normalized spacial score (nSPS) is 11.4. The van der Waals surface area contributed by atoms with Crippen LogP contribution >= 0.6 is 0 Å². The van der Waals surface area contributed by atoms with Crippen molar-refractivity contribution in [2.45, 2.75) is 0 Å². The molecule has 1 aromatic heterocycles. The zero-order chi connectivity index (χ0) is 38.4. The van der Waals surface area contributed by atoms with E-state index in [4.69, 9.17) is 4.42 Å². The van der Waals surface area contributed by atoms with Gasteiger partial charge in [0, 0.05) is 39.5 Å². The zero-order valence-corrected chi connectivity index (χ0v) is 31.7. The largest absolute Gasteiger partial charge is 0.455 e. The molecule has 58 heavy (non-hydrogen) atoms. The minimum atomic E-state index is 0.856. The Bertz CT molecular complexity index is 3250. The van der Waals surface area contributed by atoms with Gasteiger partial charge in [-0.3, -0.25) is 0 Å². The number of hydrogen-bond donors (Lipinski definition) is 0. The highest BCUT2D eigenvalue weighted by Crippen LogP contribution is 2.43. The summed E-state index contributed by atoms with van der Waals surface area (Å²) in [6.07, 6.45) is 0. The predicted octanol–water partition coefficient (Wildman–Crippen LogP) is 16.0. The lowest BCUT2D eigenvalue weighted by molar-refractivity contribution is 0.670. The molecular weight excluding hydrogens is 703 g/mol. The summed E-state index contributed by atoms with van der Waals surface area (Å²) in [6, 6.07) is 80.6. The highest BCUT2D eigenvalue weighted by molar-refractivity contribution is 6.10. The molecule has 11 rings (SSSR count). The lowest BCUT2D eigenvalue weighted by Crippen LogP contribution is -2.09. The molecule has 0 amide bonds. The Kier molecular flexibility index (Phi) is 8.19. The number of benzene rings is 10. The van der Waals surface area contributed by atoms with Gasteiger partial charge in [-0.15, -0.1) is 0 Å². The molecule has 2 nitrogen and oxygen atoms in total. The maximum Gasteiger partial charge on any atom is 0.143 e. The molecule has 272 valence electrons.